The Morgan fingerprint density at radius 2 is 1.68 bits per heavy atom. The normalized spacial score (nSPS) is 11.6. The second-order valence-corrected chi connectivity index (χ2v) is 7.80. The van der Waals surface area contributed by atoms with Gasteiger partial charge in [0.25, 0.3) is 0 Å². The molecule has 2 aromatic carbocycles. The van der Waals surface area contributed by atoms with Crippen LogP contribution in [0.15, 0.2) is 47.4 Å². The van der Waals surface area contributed by atoms with E-state index in [2.05, 4.69) is 4.72 Å². The molecule has 0 aliphatic heterocycles. The fourth-order valence-electron chi connectivity index (χ4n) is 2.46. The number of rotatable bonds is 8. The minimum atomic E-state index is -3.64. The van der Waals surface area contributed by atoms with Crippen LogP contribution in [0.2, 0.25) is 0 Å². The Bertz CT molecular complexity index is 799. The van der Waals surface area contributed by atoms with Gasteiger partial charge in [-0.2, -0.15) is 0 Å². The predicted molar refractivity (Wildman–Crippen MR) is 99.0 cm³/mol. The molecule has 0 saturated carbocycles. The van der Waals surface area contributed by atoms with E-state index in [9.17, 15) is 8.42 Å². The van der Waals surface area contributed by atoms with Crippen LogP contribution in [0.4, 0.5) is 0 Å². The quantitative estimate of drug-likeness (QED) is 0.781. The van der Waals surface area contributed by atoms with Crippen molar-refractivity contribution >= 4 is 10.0 Å². The van der Waals surface area contributed by atoms with E-state index in [1.165, 1.54) is 7.11 Å². The second kappa shape index (κ2) is 8.36. The molecule has 0 saturated heterocycles. The Kier molecular flexibility index (Phi) is 6.45. The number of sulfonamides is 1. The van der Waals surface area contributed by atoms with E-state index in [1.54, 1.807) is 19.2 Å². The molecule has 1 N–H and O–H groups in total. The van der Waals surface area contributed by atoms with Gasteiger partial charge in [-0.3, -0.25) is 0 Å². The van der Waals surface area contributed by atoms with Crippen LogP contribution < -0.4 is 14.2 Å². The molecule has 0 fully saturated rings. The summed E-state index contributed by atoms with van der Waals surface area (Å²) in [6, 6.07) is 12.8. The van der Waals surface area contributed by atoms with Gasteiger partial charge in [0.15, 0.2) is 0 Å². The molecule has 0 heterocycles. The van der Waals surface area contributed by atoms with Crippen molar-refractivity contribution in [3.05, 3.63) is 53.6 Å². The standard InChI is InChI=1S/C19H25NO4S/c1-14(2)16-7-10-18(24-4)19(13-16)25(21,22)20-12-11-15-5-8-17(23-3)9-6-15/h5-10,13-14,20H,11-12H2,1-4H3. The smallest absolute Gasteiger partial charge is 0.244 e. The molecule has 2 rings (SSSR count). The summed E-state index contributed by atoms with van der Waals surface area (Å²) in [4.78, 5) is 0.177. The van der Waals surface area contributed by atoms with Crippen LogP contribution in [0.3, 0.4) is 0 Å². The first-order valence-electron chi connectivity index (χ1n) is 8.18. The first-order chi connectivity index (χ1) is 11.9. The molecule has 0 amide bonds. The lowest BCUT2D eigenvalue weighted by atomic mass is 10.0. The zero-order chi connectivity index (χ0) is 18.4. The minimum Gasteiger partial charge on any atom is -0.497 e. The molecule has 0 aliphatic rings. The van der Waals surface area contributed by atoms with Crippen LogP contribution >= 0.6 is 0 Å². The fraction of sp³-hybridized carbons (Fsp3) is 0.368. The Morgan fingerprint density at radius 1 is 1.00 bits per heavy atom. The Hall–Kier alpha value is -2.05. The maximum atomic E-state index is 12.7. The maximum Gasteiger partial charge on any atom is 0.244 e. The number of benzene rings is 2. The monoisotopic (exact) mass is 363 g/mol. The van der Waals surface area contributed by atoms with Gasteiger partial charge in [0.2, 0.25) is 10.0 Å². The predicted octanol–water partition coefficient (Wildman–Crippen LogP) is 3.35. The van der Waals surface area contributed by atoms with Crippen LogP contribution in [0.25, 0.3) is 0 Å². The number of nitrogens with one attached hydrogen (secondary N) is 1. The third kappa shape index (κ3) is 4.96. The summed E-state index contributed by atoms with van der Waals surface area (Å²) in [6.45, 7) is 4.36. The summed E-state index contributed by atoms with van der Waals surface area (Å²) < 4.78 is 38.3. The van der Waals surface area contributed by atoms with Crippen molar-refractivity contribution in [3.63, 3.8) is 0 Å². The molecule has 0 aromatic heterocycles. The Morgan fingerprint density at radius 3 is 2.24 bits per heavy atom. The molecule has 136 valence electrons. The van der Waals surface area contributed by atoms with Gasteiger partial charge in [0.05, 0.1) is 14.2 Å². The highest BCUT2D eigenvalue weighted by Crippen LogP contribution is 2.27. The van der Waals surface area contributed by atoms with Gasteiger partial charge >= 0.3 is 0 Å². The molecule has 0 bridgehead atoms. The van der Waals surface area contributed by atoms with E-state index in [4.69, 9.17) is 9.47 Å². The molecule has 6 heteroatoms. The molecule has 0 spiro atoms. The van der Waals surface area contributed by atoms with E-state index in [-0.39, 0.29) is 10.8 Å². The van der Waals surface area contributed by atoms with Crippen molar-refractivity contribution in [2.24, 2.45) is 0 Å². The van der Waals surface area contributed by atoms with Gasteiger partial charge in [-0.15, -0.1) is 0 Å². The lowest BCUT2D eigenvalue weighted by Crippen LogP contribution is -2.26. The fourth-order valence-corrected chi connectivity index (χ4v) is 3.70. The lowest BCUT2D eigenvalue weighted by Gasteiger charge is -2.14. The number of hydrogen-bond acceptors (Lipinski definition) is 4. The zero-order valence-corrected chi connectivity index (χ0v) is 15.9. The summed E-state index contributed by atoms with van der Waals surface area (Å²) >= 11 is 0. The average molecular weight is 363 g/mol. The van der Waals surface area contributed by atoms with Gasteiger partial charge < -0.3 is 9.47 Å². The molecule has 5 nitrogen and oxygen atoms in total. The van der Waals surface area contributed by atoms with Gasteiger partial charge in [0, 0.05) is 6.54 Å². The molecule has 25 heavy (non-hydrogen) atoms. The third-order valence-corrected chi connectivity index (χ3v) is 5.49. The van der Waals surface area contributed by atoms with Gasteiger partial charge in [-0.25, -0.2) is 13.1 Å². The zero-order valence-electron chi connectivity index (χ0n) is 15.1. The molecule has 0 radical (unpaired) electrons. The van der Waals surface area contributed by atoms with Crippen molar-refractivity contribution in [1.29, 1.82) is 0 Å². The molecular weight excluding hydrogens is 338 g/mol. The molecule has 0 atom stereocenters. The summed E-state index contributed by atoms with van der Waals surface area (Å²) in [7, 11) is -0.556. The molecule has 0 unspecified atom stereocenters. The lowest BCUT2D eigenvalue weighted by molar-refractivity contribution is 0.402. The maximum absolute atomic E-state index is 12.7. The number of ether oxygens (including phenoxy) is 2. The largest absolute Gasteiger partial charge is 0.497 e. The van der Waals surface area contributed by atoms with Crippen molar-refractivity contribution in [2.75, 3.05) is 20.8 Å². The first-order valence-corrected chi connectivity index (χ1v) is 9.66. The van der Waals surface area contributed by atoms with E-state index < -0.39 is 10.0 Å². The summed E-state index contributed by atoms with van der Waals surface area (Å²) in [5, 5.41) is 0. The SMILES string of the molecule is COc1ccc(CCNS(=O)(=O)c2cc(C(C)C)ccc2OC)cc1. The highest BCUT2D eigenvalue weighted by atomic mass is 32.2. The highest BCUT2D eigenvalue weighted by molar-refractivity contribution is 7.89. The highest BCUT2D eigenvalue weighted by Gasteiger charge is 2.20. The van der Waals surface area contributed by atoms with Crippen molar-refractivity contribution in [2.45, 2.75) is 31.1 Å². The second-order valence-electron chi connectivity index (χ2n) is 6.06. The van der Waals surface area contributed by atoms with Gasteiger partial charge in [-0.1, -0.05) is 32.0 Å². The van der Waals surface area contributed by atoms with Gasteiger partial charge in [-0.05, 0) is 47.7 Å². The number of methoxy groups -OCH3 is 2. The van der Waals surface area contributed by atoms with E-state index >= 15 is 0 Å². The minimum absolute atomic E-state index is 0.177. The Labute approximate surface area is 150 Å². The molecular formula is C19H25NO4S. The van der Waals surface area contributed by atoms with E-state index in [0.717, 1.165) is 16.9 Å². The summed E-state index contributed by atoms with van der Waals surface area (Å²) in [5.74, 6) is 1.36. The molecule has 0 aliphatic carbocycles. The number of hydrogen-bond donors (Lipinski definition) is 1. The summed E-state index contributed by atoms with van der Waals surface area (Å²) in [6.07, 6.45) is 0.593. The van der Waals surface area contributed by atoms with Crippen molar-refractivity contribution in [3.8, 4) is 11.5 Å². The van der Waals surface area contributed by atoms with Crippen LogP contribution in [-0.4, -0.2) is 29.2 Å². The summed E-state index contributed by atoms with van der Waals surface area (Å²) in [5.41, 5.74) is 1.99. The van der Waals surface area contributed by atoms with E-state index in [1.807, 2.05) is 44.2 Å². The van der Waals surface area contributed by atoms with Crippen LogP contribution in [-0.2, 0) is 16.4 Å². The Balaban J connectivity index is 2.11. The van der Waals surface area contributed by atoms with Gasteiger partial charge in [0.1, 0.15) is 16.4 Å². The third-order valence-electron chi connectivity index (χ3n) is 4.01. The van der Waals surface area contributed by atoms with Crippen molar-refractivity contribution in [1.82, 2.24) is 4.72 Å². The van der Waals surface area contributed by atoms with Crippen LogP contribution in [0.5, 0.6) is 11.5 Å². The van der Waals surface area contributed by atoms with Crippen LogP contribution in [0.1, 0.15) is 30.9 Å². The van der Waals surface area contributed by atoms with Crippen molar-refractivity contribution < 1.29 is 17.9 Å². The van der Waals surface area contributed by atoms with Crippen LogP contribution in [0, 0.1) is 0 Å². The first kappa shape index (κ1) is 19.3. The molecule has 2 aromatic rings. The topological polar surface area (TPSA) is 64.6 Å². The average Bonchev–Trinajstić information content (AvgIpc) is 2.61. The van der Waals surface area contributed by atoms with E-state index in [0.29, 0.717) is 18.7 Å².